The maximum atomic E-state index is 11.3. The molecule has 1 heterocycles. The number of phenols is 1. The molecule has 0 spiro atoms. The average Bonchev–Trinajstić information content (AvgIpc) is 2.81. The molecule has 104 valence electrons. The van der Waals surface area contributed by atoms with E-state index in [0.29, 0.717) is 5.56 Å². The number of nitrogens with one attached hydrogen (secondary N) is 1. The standard InChI is InChI=1S/C13H10Cl2N2O3/c1-6-4-10(17-16-6)8(13(19)20)5-7-2-3-9(14)12(18)11(7)15/h2-5,18H,1H3,(H,16,17)(H,19,20)/b8-5-. The molecule has 0 unspecified atom stereocenters. The van der Waals surface area contributed by atoms with E-state index in [2.05, 4.69) is 10.2 Å². The van der Waals surface area contributed by atoms with Crippen LogP contribution in [0.5, 0.6) is 5.75 Å². The van der Waals surface area contributed by atoms with Crippen molar-refractivity contribution in [2.24, 2.45) is 0 Å². The molecule has 0 aliphatic carbocycles. The van der Waals surface area contributed by atoms with E-state index in [-0.39, 0.29) is 27.1 Å². The van der Waals surface area contributed by atoms with Gasteiger partial charge in [0.15, 0.2) is 5.75 Å². The Bertz CT molecular complexity index is 708. The number of aryl methyl sites for hydroxylation is 1. The van der Waals surface area contributed by atoms with E-state index in [9.17, 15) is 15.0 Å². The number of hydrogen-bond acceptors (Lipinski definition) is 3. The van der Waals surface area contributed by atoms with E-state index >= 15 is 0 Å². The number of carboxylic acid groups (broad SMARTS) is 1. The maximum absolute atomic E-state index is 11.3. The van der Waals surface area contributed by atoms with Gasteiger partial charge in [-0.1, -0.05) is 29.3 Å². The van der Waals surface area contributed by atoms with Crippen molar-refractivity contribution < 1.29 is 15.0 Å². The van der Waals surface area contributed by atoms with E-state index in [1.54, 1.807) is 13.0 Å². The number of nitrogens with zero attached hydrogens (tertiary/aromatic N) is 1. The fourth-order valence-corrected chi connectivity index (χ4v) is 2.05. The molecule has 3 N–H and O–H groups in total. The summed E-state index contributed by atoms with van der Waals surface area (Å²) in [4.78, 5) is 11.3. The van der Waals surface area contributed by atoms with Crippen LogP contribution in [-0.2, 0) is 4.79 Å². The zero-order valence-corrected chi connectivity index (χ0v) is 11.8. The first-order valence-corrected chi connectivity index (χ1v) is 6.30. The summed E-state index contributed by atoms with van der Waals surface area (Å²) in [6, 6.07) is 4.56. The Kier molecular flexibility index (Phi) is 4.01. The van der Waals surface area contributed by atoms with Gasteiger partial charge in [-0.25, -0.2) is 4.79 Å². The van der Waals surface area contributed by atoms with Crippen LogP contribution in [0.25, 0.3) is 11.6 Å². The van der Waals surface area contributed by atoms with Crippen molar-refractivity contribution in [2.75, 3.05) is 0 Å². The number of H-pyrrole nitrogens is 1. The SMILES string of the molecule is Cc1cc(/C(=C/c2ccc(Cl)c(O)c2Cl)C(=O)O)n[nH]1. The molecule has 0 aliphatic rings. The first-order chi connectivity index (χ1) is 9.40. The summed E-state index contributed by atoms with van der Waals surface area (Å²) in [5.41, 5.74) is 1.31. The van der Waals surface area contributed by atoms with Gasteiger partial charge < -0.3 is 10.2 Å². The predicted molar refractivity (Wildman–Crippen MR) is 77.0 cm³/mol. The van der Waals surface area contributed by atoms with Gasteiger partial charge in [0.2, 0.25) is 0 Å². The number of hydrogen-bond donors (Lipinski definition) is 3. The second-order valence-corrected chi connectivity index (χ2v) is 4.88. The lowest BCUT2D eigenvalue weighted by Gasteiger charge is -2.05. The number of carbonyl (C=O) groups is 1. The number of aliphatic carboxylic acids is 1. The molecule has 20 heavy (non-hydrogen) atoms. The Morgan fingerprint density at radius 2 is 2.10 bits per heavy atom. The Morgan fingerprint density at radius 3 is 2.65 bits per heavy atom. The van der Waals surface area contributed by atoms with E-state index in [4.69, 9.17) is 23.2 Å². The van der Waals surface area contributed by atoms with Crippen LogP contribution in [-0.4, -0.2) is 26.4 Å². The first kappa shape index (κ1) is 14.4. The molecule has 1 aromatic carbocycles. The molecule has 0 bridgehead atoms. The topological polar surface area (TPSA) is 86.2 Å². The minimum atomic E-state index is -1.15. The lowest BCUT2D eigenvalue weighted by atomic mass is 10.1. The summed E-state index contributed by atoms with van der Waals surface area (Å²) in [6.07, 6.45) is 1.33. The highest BCUT2D eigenvalue weighted by molar-refractivity contribution is 6.38. The maximum Gasteiger partial charge on any atom is 0.337 e. The summed E-state index contributed by atoms with van der Waals surface area (Å²) in [5.74, 6) is -1.44. The average molecular weight is 313 g/mol. The van der Waals surface area contributed by atoms with E-state index in [1.807, 2.05) is 0 Å². The van der Waals surface area contributed by atoms with Gasteiger partial charge in [0.05, 0.1) is 21.3 Å². The van der Waals surface area contributed by atoms with Crippen molar-refractivity contribution in [2.45, 2.75) is 6.92 Å². The molecule has 2 aromatic rings. The normalized spacial score (nSPS) is 11.7. The van der Waals surface area contributed by atoms with Crippen LogP contribution in [0.4, 0.5) is 0 Å². The van der Waals surface area contributed by atoms with Gasteiger partial charge >= 0.3 is 5.97 Å². The van der Waals surface area contributed by atoms with Gasteiger partial charge in [-0.15, -0.1) is 0 Å². The van der Waals surface area contributed by atoms with Crippen molar-refractivity contribution in [3.8, 4) is 5.75 Å². The molecule has 2 rings (SSSR count). The third-order valence-electron chi connectivity index (χ3n) is 2.61. The second-order valence-electron chi connectivity index (χ2n) is 4.10. The fourth-order valence-electron chi connectivity index (χ4n) is 1.62. The minimum absolute atomic E-state index is 0.0106. The number of rotatable bonds is 3. The number of carboxylic acids is 1. The molecule has 0 fully saturated rings. The quantitative estimate of drug-likeness (QED) is 0.758. The van der Waals surface area contributed by atoms with Crippen LogP contribution >= 0.6 is 23.2 Å². The molecule has 0 radical (unpaired) electrons. The summed E-state index contributed by atoms with van der Waals surface area (Å²) in [7, 11) is 0. The third-order valence-corrected chi connectivity index (χ3v) is 3.31. The summed E-state index contributed by atoms with van der Waals surface area (Å²) in [5, 5.41) is 25.6. The molecule has 0 aliphatic heterocycles. The van der Waals surface area contributed by atoms with Crippen LogP contribution in [0.15, 0.2) is 18.2 Å². The van der Waals surface area contributed by atoms with Gasteiger partial charge in [0.1, 0.15) is 0 Å². The Balaban J connectivity index is 2.55. The second kappa shape index (κ2) is 5.56. The predicted octanol–water partition coefficient (Wildman–Crippen LogP) is 3.36. The van der Waals surface area contributed by atoms with Gasteiger partial charge in [0, 0.05) is 5.69 Å². The smallest absolute Gasteiger partial charge is 0.337 e. The first-order valence-electron chi connectivity index (χ1n) is 5.54. The largest absolute Gasteiger partial charge is 0.505 e. The lowest BCUT2D eigenvalue weighted by Crippen LogP contribution is -2.00. The van der Waals surface area contributed by atoms with Crippen LogP contribution in [0, 0.1) is 6.92 Å². The van der Waals surface area contributed by atoms with Gasteiger partial charge in [-0.3, -0.25) is 5.10 Å². The molecular weight excluding hydrogens is 303 g/mol. The molecule has 1 aromatic heterocycles. The molecule has 0 saturated heterocycles. The highest BCUT2D eigenvalue weighted by Crippen LogP contribution is 2.35. The molecule has 5 nitrogen and oxygen atoms in total. The molecule has 0 saturated carbocycles. The van der Waals surface area contributed by atoms with Gasteiger partial charge in [0.25, 0.3) is 0 Å². The van der Waals surface area contributed by atoms with Gasteiger partial charge in [-0.05, 0) is 30.7 Å². The lowest BCUT2D eigenvalue weighted by molar-refractivity contribution is -0.130. The summed E-state index contributed by atoms with van der Waals surface area (Å²) >= 11 is 11.7. The number of halogens is 2. The number of aromatic amines is 1. The van der Waals surface area contributed by atoms with Crippen molar-refractivity contribution in [3.63, 3.8) is 0 Å². The monoisotopic (exact) mass is 312 g/mol. The Hall–Kier alpha value is -1.98. The number of aromatic hydroxyl groups is 1. The molecule has 0 atom stereocenters. The molecule has 0 amide bonds. The number of phenolic OH excluding ortho intramolecular Hbond substituents is 1. The van der Waals surface area contributed by atoms with Gasteiger partial charge in [-0.2, -0.15) is 5.10 Å². The van der Waals surface area contributed by atoms with Crippen molar-refractivity contribution in [1.29, 1.82) is 0 Å². The Labute approximate surface area is 124 Å². The minimum Gasteiger partial charge on any atom is -0.505 e. The van der Waals surface area contributed by atoms with Crippen LogP contribution < -0.4 is 0 Å². The van der Waals surface area contributed by atoms with Crippen molar-refractivity contribution >= 4 is 40.8 Å². The highest BCUT2D eigenvalue weighted by Gasteiger charge is 2.16. The van der Waals surface area contributed by atoms with Crippen molar-refractivity contribution in [3.05, 3.63) is 45.2 Å². The number of aromatic nitrogens is 2. The molecule has 7 heteroatoms. The number of benzene rings is 1. The highest BCUT2D eigenvalue weighted by atomic mass is 35.5. The summed E-state index contributed by atoms with van der Waals surface area (Å²) in [6.45, 7) is 1.76. The van der Waals surface area contributed by atoms with Crippen LogP contribution in [0.1, 0.15) is 17.0 Å². The van der Waals surface area contributed by atoms with Crippen LogP contribution in [0.2, 0.25) is 10.0 Å². The van der Waals surface area contributed by atoms with E-state index in [0.717, 1.165) is 5.69 Å². The zero-order chi connectivity index (χ0) is 14.9. The third kappa shape index (κ3) is 2.79. The van der Waals surface area contributed by atoms with Crippen molar-refractivity contribution in [1.82, 2.24) is 10.2 Å². The summed E-state index contributed by atoms with van der Waals surface area (Å²) < 4.78 is 0. The van der Waals surface area contributed by atoms with E-state index in [1.165, 1.54) is 18.2 Å². The Morgan fingerprint density at radius 1 is 1.40 bits per heavy atom. The molecular formula is C13H10Cl2N2O3. The van der Waals surface area contributed by atoms with Crippen LogP contribution in [0.3, 0.4) is 0 Å². The fraction of sp³-hybridized carbons (Fsp3) is 0.0769. The van der Waals surface area contributed by atoms with E-state index < -0.39 is 5.97 Å². The zero-order valence-electron chi connectivity index (χ0n) is 10.3.